The molecule has 2 N–H and O–H groups in total. The van der Waals surface area contributed by atoms with E-state index in [4.69, 9.17) is 10.5 Å². The van der Waals surface area contributed by atoms with Crippen LogP contribution in [-0.4, -0.2) is 42.6 Å². The van der Waals surface area contributed by atoms with Crippen molar-refractivity contribution in [3.8, 4) is 0 Å². The van der Waals surface area contributed by atoms with E-state index in [0.29, 0.717) is 24.4 Å². The molecule has 0 aliphatic heterocycles. The minimum atomic E-state index is -0.825. The van der Waals surface area contributed by atoms with E-state index in [2.05, 4.69) is 32.6 Å². The predicted molar refractivity (Wildman–Crippen MR) is 73.2 cm³/mol. The Morgan fingerprint density at radius 3 is 2.28 bits per heavy atom. The molecule has 4 heteroatoms. The number of rotatable bonds is 7. The molecule has 1 atom stereocenters. The van der Waals surface area contributed by atoms with Crippen molar-refractivity contribution < 1.29 is 9.53 Å². The fourth-order valence-corrected chi connectivity index (χ4v) is 2.41. The Hall–Kier alpha value is -0.610. The van der Waals surface area contributed by atoms with Gasteiger partial charge in [-0.3, -0.25) is 9.69 Å². The van der Waals surface area contributed by atoms with Gasteiger partial charge < -0.3 is 10.5 Å². The molecule has 106 valence electrons. The number of carbonyl (C=O) groups is 1. The van der Waals surface area contributed by atoms with Crippen molar-refractivity contribution in [3.63, 3.8) is 0 Å². The highest BCUT2D eigenvalue weighted by Crippen LogP contribution is 2.39. The predicted octanol–water partition coefficient (Wildman–Crippen LogP) is 1.63. The molecule has 1 unspecified atom stereocenters. The van der Waals surface area contributed by atoms with E-state index in [-0.39, 0.29) is 5.97 Å². The van der Waals surface area contributed by atoms with E-state index in [9.17, 15) is 4.79 Å². The van der Waals surface area contributed by atoms with Crippen molar-refractivity contribution in [2.24, 2.45) is 17.6 Å². The topological polar surface area (TPSA) is 55.6 Å². The van der Waals surface area contributed by atoms with Crippen LogP contribution in [0.25, 0.3) is 0 Å². The lowest BCUT2D eigenvalue weighted by Crippen LogP contribution is -2.59. The van der Waals surface area contributed by atoms with E-state index < -0.39 is 5.54 Å². The van der Waals surface area contributed by atoms with E-state index in [1.807, 2.05) is 0 Å². The summed E-state index contributed by atoms with van der Waals surface area (Å²) < 4.78 is 4.91. The molecule has 0 amide bonds. The van der Waals surface area contributed by atoms with Crippen LogP contribution in [0, 0.1) is 11.8 Å². The molecule has 1 fully saturated rings. The summed E-state index contributed by atoms with van der Waals surface area (Å²) in [4.78, 5) is 14.3. The smallest absolute Gasteiger partial charge is 0.327 e. The van der Waals surface area contributed by atoms with Crippen molar-refractivity contribution in [2.75, 3.05) is 20.2 Å². The number of nitrogens with two attached hydrogens (primary N) is 1. The quantitative estimate of drug-likeness (QED) is 0.703. The Kier molecular flexibility index (Phi) is 5.17. The highest BCUT2D eigenvalue weighted by atomic mass is 16.5. The maximum Gasteiger partial charge on any atom is 0.327 e. The lowest BCUT2D eigenvalue weighted by Gasteiger charge is -2.36. The molecule has 1 aliphatic rings. The molecule has 0 spiro atoms. The second-order valence-electron chi connectivity index (χ2n) is 6.22. The molecule has 18 heavy (non-hydrogen) atoms. The molecule has 0 aromatic heterocycles. The Balaban J connectivity index is 2.77. The zero-order valence-corrected chi connectivity index (χ0v) is 12.4. The molecule has 1 aliphatic carbocycles. The van der Waals surface area contributed by atoms with Crippen LogP contribution >= 0.6 is 0 Å². The number of hydrogen-bond acceptors (Lipinski definition) is 4. The summed E-state index contributed by atoms with van der Waals surface area (Å²) in [7, 11) is 1.43. The first kappa shape index (κ1) is 15.4. The average molecular weight is 256 g/mol. The van der Waals surface area contributed by atoms with Gasteiger partial charge in [-0.1, -0.05) is 13.8 Å². The van der Waals surface area contributed by atoms with Crippen LogP contribution in [0.3, 0.4) is 0 Å². The monoisotopic (exact) mass is 256 g/mol. The summed E-state index contributed by atoms with van der Waals surface area (Å²) in [6, 6.07) is 0.388. The third-order valence-electron chi connectivity index (χ3n) is 3.67. The third-order valence-corrected chi connectivity index (χ3v) is 3.67. The van der Waals surface area contributed by atoms with Crippen molar-refractivity contribution in [1.29, 1.82) is 0 Å². The van der Waals surface area contributed by atoms with Crippen molar-refractivity contribution in [3.05, 3.63) is 0 Å². The molecule has 0 aromatic rings. The standard InChI is InChI=1S/C14H28N2O2/c1-10(2)8-16(11(3)4)9-14(15,12-6-7-12)13(17)18-5/h10-12H,6-9,15H2,1-5H3. The first-order valence-corrected chi connectivity index (χ1v) is 6.92. The number of carbonyl (C=O) groups excluding carboxylic acids is 1. The average Bonchev–Trinajstić information content (AvgIpc) is 3.09. The second kappa shape index (κ2) is 6.02. The van der Waals surface area contributed by atoms with Crippen LogP contribution < -0.4 is 5.73 Å². The van der Waals surface area contributed by atoms with Crippen LogP contribution in [0.4, 0.5) is 0 Å². The molecule has 1 rings (SSSR count). The molecular formula is C14H28N2O2. The van der Waals surface area contributed by atoms with Gasteiger partial charge in [-0.25, -0.2) is 0 Å². The van der Waals surface area contributed by atoms with Crippen LogP contribution in [0.2, 0.25) is 0 Å². The summed E-state index contributed by atoms with van der Waals surface area (Å²) in [5, 5.41) is 0. The van der Waals surface area contributed by atoms with Crippen LogP contribution in [-0.2, 0) is 9.53 Å². The Morgan fingerprint density at radius 1 is 1.39 bits per heavy atom. The fourth-order valence-electron chi connectivity index (χ4n) is 2.41. The molecule has 1 saturated carbocycles. The zero-order chi connectivity index (χ0) is 13.9. The van der Waals surface area contributed by atoms with E-state index in [0.717, 1.165) is 19.4 Å². The summed E-state index contributed by atoms with van der Waals surface area (Å²) in [6.45, 7) is 10.2. The number of nitrogens with zero attached hydrogens (tertiary/aromatic N) is 1. The van der Waals surface area contributed by atoms with E-state index in [1.165, 1.54) is 7.11 Å². The molecule has 0 bridgehead atoms. The molecule has 0 aromatic carbocycles. The van der Waals surface area contributed by atoms with Gasteiger partial charge in [-0.15, -0.1) is 0 Å². The minimum absolute atomic E-state index is 0.264. The summed E-state index contributed by atoms with van der Waals surface area (Å²) in [6.07, 6.45) is 2.08. The van der Waals surface area contributed by atoms with Gasteiger partial charge in [0.05, 0.1) is 7.11 Å². The number of hydrogen-bond donors (Lipinski definition) is 1. The maximum absolute atomic E-state index is 12.0. The maximum atomic E-state index is 12.0. The van der Waals surface area contributed by atoms with Gasteiger partial charge in [0.2, 0.25) is 0 Å². The van der Waals surface area contributed by atoms with Crippen LogP contribution in [0.15, 0.2) is 0 Å². The van der Waals surface area contributed by atoms with E-state index >= 15 is 0 Å². The highest BCUT2D eigenvalue weighted by Gasteiger charge is 2.50. The Morgan fingerprint density at radius 2 is 1.94 bits per heavy atom. The second-order valence-corrected chi connectivity index (χ2v) is 6.22. The Bertz CT molecular complexity index is 288. The highest BCUT2D eigenvalue weighted by molar-refractivity contribution is 5.81. The molecule has 0 heterocycles. The molecular weight excluding hydrogens is 228 g/mol. The van der Waals surface area contributed by atoms with Gasteiger partial charge in [0, 0.05) is 19.1 Å². The molecule has 0 saturated heterocycles. The van der Waals surface area contributed by atoms with Gasteiger partial charge in [0.25, 0.3) is 0 Å². The number of esters is 1. The summed E-state index contributed by atoms with van der Waals surface area (Å²) in [5.41, 5.74) is 5.53. The van der Waals surface area contributed by atoms with Crippen molar-refractivity contribution in [1.82, 2.24) is 4.90 Å². The lowest BCUT2D eigenvalue weighted by atomic mass is 9.92. The van der Waals surface area contributed by atoms with Crippen LogP contribution in [0.1, 0.15) is 40.5 Å². The van der Waals surface area contributed by atoms with Gasteiger partial charge in [-0.2, -0.15) is 0 Å². The van der Waals surface area contributed by atoms with Crippen LogP contribution in [0.5, 0.6) is 0 Å². The molecule has 4 nitrogen and oxygen atoms in total. The van der Waals surface area contributed by atoms with Gasteiger partial charge in [-0.05, 0) is 38.5 Å². The van der Waals surface area contributed by atoms with Gasteiger partial charge in [0.15, 0.2) is 0 Å². The summed E-state index contributed by atoms with van der Waals surface area (Å²) >= 11 is 0. The normalized spacial score (nSPS) is 19.4. The fraction of sp³-hybridized carbons (Fsp3) is 0.929. The minimum Gasteiger partial charge on any atom is -0.468 e. The van der Waals surface area contributed by atoms with Crippen molar-refractivity contribution in [2.45, 2.75) is 52.1 Å². The first-order valence-electron chi connectivity index (χ1n) is 6.92. The van der Waals surface area contributed by atoms with E-state index in [1.54, 1.807) is 0 Å². The summed E-state index contributed by atoms with van der Waals surface area (Å²) in [5.74, 6) is 0.589. The zero-order valence-electron chi connectivity index (χ0n) is 12.4. The SMILES string of the molecule is COC(=O)C(N)(CN(CC(C)C)C(C)C)C1CC1. The lowest BCUT2D eigenvalue weighted by molar-refractivity contribution is -0.149. The number of methoxy groups -OCH3 is 1. The number of ether oxygens (including phenoxy) is 1. The largest absolute Gasteiger partial charge is 0.468 e. The van der Waals surface area contributed by atoms with Gasteiger partial charge >= 0.3 is 5.97 Å². The molecule has 0 radical (unpaired) electrons. The van der Waals surface area contributed by atoms with Gasteiger partial charge in [0.1, 0.15) is 5.54 Å². The Labute approximate surface area is 111 Å². The van der Waals surface area contributed by atoms with Crippen molar-refractivity contribution >= 4 is 5.97 Å². The first-order chi connectivity index (χ1) is 8.31. The third kappa shape index (κ3) is 3.69.